The Morgan fingerprint density at radius 2 is 1.58 bits per heavy atom. The summed E-state index contributed by atoms with van der Waals surface area (Å²) in [4.78, 5) is 0. The Kier molecular flexibility index (Phi) is 2.48. The molecule has 0 heterocycles. The van der Waals surface area contributed by atoms with E-state index in [1.807, 2.05) is 0 Å². The van der Waals surface area contributed by atoms with E-state index >= 15 is 0 Å². The third kappa shape index (κ3) is 2.05. The van der Waals surface area contributed by atoms with Gasteiger partial charge in [0.2, 0.25) is 0 Å². The highest BCUT2D eigenvalue weighted by Crippen LogP contribution is 2.28. The maximum Gasteiger partial charge on any atom is 0.416 e. The summed E-state index contributed by atoms with van der Waals surface area (Å²) < 4.78 is 46.1. The van der Waals surface area contributed by atoms with E-state index in [1.165, 1.54) is 12.1 Å². The number of benzene rings is 1. The van der Waals surface area contributed by atoms with Crippen LogP contribution in [0, 0.1) is 0 Å². The van der Waals surface area contributed by atoms with Gasteiger partial charge in [-0.05, 0) is 24.3 Å². The molecule has 5 heteroatoms. The van der Waals surface area contributed by atoms with Crippen LogP contribution in [0.3, 0.4) is 0 Å². The van der Waals surface area contributed by atoms with Crippen molar-refractivity contribution < 1.29 is 17.7 Å². The number of hydrogen-bond donors (Lipinski definition) is 0. The van der Waals surface area contributed by atoms with Crippen LogP contribution in [0.1, 0.15) is 5.56 Å². The molecule has 0 aliphatic heterocycles. The SMILES string of the molecule is O=[PH+]c1ccc(C(F)(F)F)cc1. The van der Waals surface area contributed by atoms with Gasteiger partial charge < -0.3 is 0 Å². The van der Waals surface area contributed by atoms with Gasteiger partial charge in [0.05, 0.1) is 5.56 Å². The van der Waals surface area contributed by atoms with E-state index in [1.54, 1.807) is 0 Å². The number of rotatable bonds is 1. The largest absolute Gasteiger partial charge is 0.416 e. The van der Waals surface area contributed by atoms with Crippen LogP contribution < -0.4 is 5.30 Å². The zero-order chi connectivity index (χ0) is 9.19. The molecule has 1 aromatic carbocycles. The molecule has 0 aliphatic carbocycles. The molecule has 1 aromatic rings. The fourth-order valence-corrected chi connectivity index (χ4v) is 1.03. The van der Waals surface area contributed by atoms with Crippen LogP contribution in [0.15, 0.2) is 24.3 Å². The highest BCUT2D eigenvalue weighted by molar-refractivity contribution is 7.34. The van der Waals surface area contributed by atoms with Gasteiger partial charge in [0.15, 0.2) is 5.30 Å². The molecule has 0 N–H and O–H groups in total. The summed E-state index contributed by atoms with van der Waals surface area (Å²) in [5, 5.41) is 0.392. The molecule has 0 aliphatic rings. The Morgan fingerprint density at radius 1 is 1.08 bits per heavy atom. The monoisotopic (exact) mass is 193 g/mol. The summed E-state index contributed by atoms with van der Waals surface area (Å²) in [6, 6.07) is 4.24. The Balaban J connectivity index is 3.00. The van der Waals surface area contributed by atoms with Crippen molar-refractivity contribution in [2.24, 2.45) is 0 Å². The first-order valence-corrected chi connectivity index (χ1v) is 4.00. The number of alkyl halides is 3. The Bertz CT molecular complexity index is 278. The predicted molar refractivity (Wildman–Crippen MR) is 40.1 cm³/mol. The topological polar surface area (TPSA) is 17.1 Å². The van der Waals surface area contributed by atoms with E-state index in [0.717, 1.165) is 12.1 Å². The van der Waals surface area contributed by atoms with Gasteiger partial charge in [-0.2, -0.15) is 13.2 Å². The fourth-order valence-electron chi connectivity index (χ4n) is 0.727. The quantitative estimate of drug-likeness (QED) is 0.625. The molecule has 0 aromatic heterocycles. The van der Waals surface area contributed by atoms with Crippen LogP contribution >= 0.6 is 8.46 Å². The summed E-state index contributed by atoms with van der Waals surface area (Å²) >= 11 is 0. The van der Waals surface area contributed by atoms with Crippen molar-refractivity contribution in [1.82, 2.24) is 0 Å². The molecule has 1 atom stereocenters. The van der Waals surface area contributed by atoms with Gasteiger partial charge in [0.25, 0.3) is 0 Å². The second-order valence-electron chi connectivity index (χ2n) is 2.18. The zero-order valence-electron chi connectivity index (χ0n) is 5.85. The van der Waals surface area contributed by atoms with Gasteiger partial charge in [0, 0.05) is 0 Å². The van der Waals surface area contributed by atoms with Crippen LogP contribution in [0.2, 0.25) is 0 Å². The van der Waals surface area contributed by atoms with Crippen molar-refractivity contribution >= 4 is 13.8 Å². The Morgan fingerprint density at radius 3 is 1.92 bits per heavy atom. The summed E-state index contributed by atoms with van der Waals surface area (Å²) in [6.45, 7) is 0. The average molecular weight is 193 g/mol. The van der Waals surface area contributed by atoms with Crippen molar-refractivity contribution in [1.29, 1.82) is 0 Å². The van der Waals surface area contributed by atoms with Crippen LogP contribution in [-0.4, -0.2) is 0 Å². The molecule has 1 unspecified atom stereocenters. The van der Waals surface area contributed by atoms with Gasteiger partial charge in [-0.1, -0.05) is 4.57 Å². The molecule has 0 bridgehead atoms. The van der Waals surface area contributed by atoms with E-state index in [-0.39, 0.29) is 0 Å². The summed E-state index contributed by atoms with van der Waals surface area (Å²) in [7, 11) is -0.708. The van der Waals surface area contributed by atoms with Crippen molar-refractivity contribution in [2.75, 3.05) is 0 Å². The average Bonchev–Trinajstić information content (AvgIpc) is 2.03. The van der Waals surface area contributed by atoms with E-state index in [2.05, 4.69) is 0 Å². The normalized spacial score (nSPS) is 11.9. The maximum absolute atomic E-state index is 11.9. The first kappa shape index (κ1) is 9.20. The summed E-state index contributed by atoms with van der Waals surface area (Å²) in [5.41, 5.74) is -0.718. The Hall–Kier alpha value is -0.890. The van der Waals surface area contributed by atoms with Crippen LogP contribution in [0.4, 0.5) is 13.2 Å². The van der Waals surface area contributed by atoms with Crippen molar-refractivity contribution in [3.05, 3.63) is 29.8 Å². The molecule has 0 saturated heterocycles. The van der Waals surface area contributed by atoms with E-state index in [0.29, 0.717) is 5.30 Å². The van der Waals surface area contributed by atoms with Crippen LogP contribution in [0.5, 0.6) is 0 Å². The lowest BCUT2D eigenvalue weighted by atomic mass is 10.2. The second-order valence-corrected chi connectivity index (χ2v) is 2.96. The van der Waals surface area contributed by atoms with Crippen LogP contribution in [-0.2, 0) is 10.7 Å². The first-order valence-electron chi connectivity index (χ1n) is 3.09. The van der Waals surface area contributed by atoms with Crippen molar-refractivity contribution in [3.63, 3.8) is 0 Å². The highest BCUT2D eigenvalue weighted by atomic mass is 31.1. The minimum Gasteiger partial charge on any atom is -0.166 e. The standard InChI is InChI=1S/C7H4F3OP/c8-7(9,10)5-1-3-6(12-11)4-2-5/h1-4H/p+1. The molecule has 0 spiro atoms. The van der Waals surface area contributed by atoms with Gasteiger partial charge in [-0.3, -0.25) is 0 Å². The Labute approximate surface area is 68.4 Å². The molecule has 0 radical (unpaired) electrons. The predicted octanol–water partition coefficient (Wildman–Crippen LogP) is 2.35. The van der Waals surface area contributed by atoms with Crippen molar-refractivity contribution in [2.45, 2.75) is 6.18 Å². The molecular formula is C7H5F3OP+. The molecule has 1 nitrogen and oxygen atoms in total. The van der Waals surface area contributed by atoms with E-state index in [4.69, 9.17) is 0 Å². The summed E-state index contributed by atoms with van der Waals surface area (Å²) in [6.07, 6.45) is -4.31. The number of hydrogen-bond acceptors (Lipinski definition) is 1. The highest BCUT2D eigenvalue weighted by Gasteiger charge is 2.30. The van der Waals surface area contributed by atoms with Crippen LogP contribution in [0.25, 0.3) is 0 Å². The lowest BCUT2D eigenvalue weighted by Gasteiger charge is -2.03. The second kappa shape index (κ2) is 3.23. The maximum atomic E-state index is 11.9. The molecule has 0 amide bonds. The molecule has 1 rings (SSSR count). The molecule has 64 valence electrons. The summed E-state index contributed by atoms with van der Waals surface area (Å²) in [5.74, 6) is 0. The molecule has 12 heavy (non-hydrogen) atoms. The lowest BCUT2D eigenvalue weighted by molar-refractivity contribution is -0.137. The first-order chi connectivity index (χ1) is 5.54. The van der Waals surface area contributed by atoms with Gasteiger partial charge >= 0.3 is 14.6 Å². The smallest absolute Gasteiger partial charge is 0.166 e. The third-order valence-corrected chi connectivity index (χ3v) is 1.90. The van der Waals surface area contributed by atoms with Gasteiger partial charge in [0.1, 0.15) is 0 Å². The van der Waals surface area contributed by atoms with Gasteiger partial charge in [-0.25, -0.2) is 0 Å². The minimum absolute atomic E-state index is 0.392. The fraction of sp³-hybridized carbons (Fsp3) is 0.143. The third-order valence-electron chi connectivity index (χ3n) is 1.33. The van der Waals surface area contributed by atoms with Crippen molar-refractivity contribution in [3.8, 4) is 0 Å². The molecule has 0 fully saturated rings. The number of halogens is 3. The molecule has 0 saturated carbocycles. The van der Waals surface area contributed by atoms with E-state index < -0.39 is 20.2 Å². The van der Waals surface area contributed by atoms with E-state index in [9.17, 15) is 17.7 Å². The molecular weight excluding hydrogens is 188 g/mol. The lowest BCUT2D eigenvalue weighted by Crippen LogP contribution is -2.05. The minimum atomic E-state index is -4.31. The zero-order valence-corrected chi connectivity index (χ0v) is 6.85. The van der Waals surface area contributed by atoms with Gasteiger partial charge in [-0.15, -0.1) is 0 Å².